The van der Waals surface area contributed by atoms with Crippen LogP contribution < -0.4 is 5.32 Å². The molecule has 1 amide bonds. The number of amides is 1. The van der Waals surface area contributed by atoms with E-state index in [0.717, 1.165) is 44.6 Å². The minimum Gasteiger partial charge on any atom is -0.459 e. The Kier molecular flexibility index (Phi) is 9.61. The number of nitrogens with zero attached hydrogens (tertiary/aromatic N) is 4. The second-order valence-corrected chi connectivity index (χ2v) is 8.83. The first-order chi connectivity index (χ1) is 15.7. The Hall–Kier alpha value is -2.07. The van der Waals surface area contributed by atoms with Crippen LogP contribution in [0.2, 0.25) is 0 Å². The van der Waals surface area contributed by atoms with E-state index in [1.807, 2.05) is 11.9 Å². The molecule has 0 bridgehead atoms. The van der Waals surface area contributed by atoms with Crippen molar-refractivity contribution in [2.75, 3.05) is 52.9 Å². The summed E-state index contributed by atoms with van der Waals surface area (Å²) >= 11 is 0. The SMILES string of the molecule is CN=C(NCC(c1ccccc1)N1CCC(C)CC1)N1CCN(C(=O)c2ccco2)CC1.I. The topological polar surface area (TPSA) is 64.3 Å². The zero-order valence-electron chi connectivity index (χ0n) is 19.7. The maximum absolute atomic E-state index is 12.5. The molecule has 1 aromatic heterocycles. The Bertz CT molecular complexity index is 873. The van der Waals surface area contributed by atoms with Gasteiger partial charge in [-0.05, 0) is 49.5 Å². The third kappa shape index (κ3) is 6.50. The van der Waals surface area contributed by atoms with Crippen molar-refractivity contribution in [1.29, 1.82) is 0 Å². The lowest BCUT2D eigenvalue weighted by Crippen LogP contribution is -2.54. The average molecular weight is 566 g/mol. The summed E-state index contributed by atoms with van der Waals surface area (Å²) in [5.74, 6) is 2.08. The molecule has 2 aliphatic heterocycles. The largest absolute Gasteiger partial charge is 0.459 e. The van der Waals surface area contributed by atoms with E-state index >= 15 is 0 Å². The van der Waals surface area contributed by atoms with Gasteiger partial charge in [-0.1, -0.05) is 37.3 Å². The number of hydrogen-bond acceptors (Lipinski definition) is 4. The first-order valence-electron chi connectivity index (χ1n) is 11.7. The number of piperidine rings is 1. The zero-order valence-corrected chi connectivity index (χ0v) is 22.0. The van der Waals surface area contributed by atoms with Crippen LogP contribution in [0, 0.1) is 5.92 Å². The van der Waals surface area contributed by atoms with E-state index in [9.17, 15) is 4.79 Å². The molecular weight excluding hydrogens is 529 g/mol. The van der Waals surface area contributed by atoms with Crippen molar-refractivity contribution in [3.63, 3.8) is 0 Å². The van der Waals surface area contributed by atoms with Crippen LogP contribution in [0.3, 0.4) is 0 Å². The molecule has 0 saturated carbocycles. The first-order valence-corrected chi connectivity index (χ1v) is 11.7. The molecule has 8 heteroatoms. The summed E-state index contributed by atoms with van der Waals surface area (Å²) in [6, 6.07) is 14.6. The summed E-state index contributed by atoms with van der Waals surface area (Å²) < 4.78 is 5.27. The number of benzene rings is 1. The van der Waals surface area contributed by atoms with Crippen LogP contribution in [0.25, 0.3) is 0 Å². The van der Waals surface area contributed by atoms with Crippen LogP contribution in [0.1, 0.15) is 41.9 Å². The van der Waals surface area contributed by atoms with E-state index in [-0.39, 0.29) is 29.9 Å². The highest BCUT2D eigenvalue weighted by molar-refractivity contribution is 14.0. The number of likely N-dealkylation sites (tertiary alicyclic amines) is 1. The van der Waals surface area contributed by atoms with Crippen molar-refractivity contribution in [2.45, 2.75) is 25.8 Å². The molecule has 0 radical (unpaired) electrons. The van der Waals surface area contributed by atoms with Crippen LogP contribution in [0.5, 0.6) is 0 Å². The van der Waals surface area contributed by atoms with Gasteiger partial charge in [0.1, 0.15) is 0 Å². The standard InChI is InChI=1S/C25H35N5O2.HI/c1-20-10-12-28(13-11-20)22(21-7-4-3-5-8-21)19-27-25(26-2)30-16-14-29(15-17-30)24(31)23-9-6-18-32-23;/h3-9,18,20,22H,10-17,19H2,1-2H3,(H,26,27);1H. The van der Waals surface area contributed by atoms with E-state index in [4.69, 9.17) is 4.42 Å². The smallest absolute Gasteiger partial charge is 0.289 e. The number of piperazine rings is 1. The number of carbonyl (C=O) groups excluding carboxylic acids is 1. The highest BCUT2D eigenvalue weighted by atomic mass is 127. The first kappa shape index (κ1) is 25.6. The van der Waals surface area contributed by atoms with Gasteiger partial charge in [0.15, 0.2) is 11.7 Å². The van der Waals surface area contributed by atoms with Crippen molar-refractivity contribution in [1.82, 2.24) is 20.0 Å². The van der Waals surface area contributed by atoms with Crippen molar-refractivity contribution in [3.05, 3.63) is 60.1 Å². The summed E-state index contributed by atoms with van der Waals surface area (Å²) in [5.41, 5.74) is 1.35. The molecule has 1 unspecified atom stereocenters. The van der Waals surface area contributed by atoms with Gasteiger partial charge in [-0.15, -0.1) is 24.0 Å². The molecule has 3 heterocycles. The van der Waals surface area contributed by atoms with Gasteiger partial charge in [0.05, 0.1) is 12.3 Å². The van der Waals surface area contributed by atoms with Gasteiger partial charge in [-0.25, -0.2) is 0 Å². The number of aliphatic imine (C=N–C) groups is 1. The summed E-state index contributed by atoms with van der Waals surface area (Å²) in [6.45, 7) is 8.26. The average Bonchev–Trinajstić information content (AvgIpc) is 3.38. The molecule has 2 aromatic rings. The number of furan rings is 1. The van der Waals surface area contributed by atoms with Gasteiger partial charge in [-0.2, -0.15) is 0 Å². The molecule has 0 aliphatic carbocycles. The summed E-state index contributed by atoms with van der Waals surface area (Å²) in [6.07, 6.45) is 4.05. The van der Waals surface area contributed by atoms with Crippen LogP contribution >= 0.6 is 24.0 Å². The quantitative estimate of drug-likeness (QED) is 0.341. The number of carbonyl (C=O) groups is 1. The fourth-order valence-electron chi connectivity index (χ4n) is 4.67. The van der Waals surface area contributed by atoms with E-state index in [1.54, 1.807) is 18.4 Å². The van der Waals surface area contributed by atoms with Crippen LogP contribution in [0.15, 0.2) is 58.1 Å². The lowest BCUT2D eigenvalue weighted by atomic mass is 9.95. The predicted molar refractivity (Wildman–Crippen MR) is 142 cm³/mol. The van der Waals surface area contributed by atoms with Crippen LogP contribution in [-0.4, -0.2) is 79.4 Å². The Morgan fingerprint density at radius 2 is 1.70 bits per heavy atom. The Balaban J connectivity index is 0.00000306. The predicted octanol–water partition coefficient (Wildman–Crippen LogP) is 3.70. The molecule has 2 aliphatic rings. The number of halogens is 1. The van der Waals surface area contributed by atoms with Crippen LogP contribution in [-0.2, 0) is 0 Å². The minimum absolute atomic E-state index is 0. The van der Waals surface area contributed by atoms with Gasteiger partial charge in [0, 0.05) is 39.8 Å². The number of guanidine groups is 1. The fourth-order valence-corrected chi connectivity index (χ4v) is 4.67. The van der Waals surface area contributed by atoms with Gasteiger partial charge >= 0.3 is 0 Å². The molecule has 7 nitrogen and oxygen atoms in total. The third-order valence-corrected chi connectivity index (χ3v) is 6.71. The highest BCUT2D eigenvalue weighted by Gasteiger charge is 2.27. The lowest BCUT2D eigenvalue weighted by molar-refractivity contribution is 0.0657. The Morgan fingerprint density at radius 1 is 1.03 bits per heavy atom. The van der Waals surface area contributed by atoms with E-state index in [1.165, 1.54) is 18.4 Å². The van der Waals surface area contributed by atoms with Gasteiger partial charge in [0.2, 0.25) is 0 Å². The Morgan fingerprint density at radius 3 is 2.30 bits per heavy atom. The summed E-state index contributed by atoms with van der Waals surface area (Å²) in [4.78, 5) is 23.8. The lowest BCUT2D eigenvalue weighted by Gasteiger charge is -2.39. The van der Waals surface area contributed by atoms with E-state index < -0.39 is 0 Å². The molecule has 2 saturated heterocycles. The zero-order chi connectivity index (χ0) is 22.3. The van der Waals surface area contributed by atoms with Crippen molar-refractivity contribution >= 4 is 35.8 Å². The molecule has 33 heavy (non-hydrogen) atoms. The molecule has 2 fully saturated rings. The molecule has 1 atom stereocenters. The maximum atomic E-state index is 12.5. The number of hydrogen-bond donors (Lipinski definition) is 1. The van der Waals surface area contributed by atoms with Gasteiger partial charge in [-0.3, -0.25) is 14.7 Å². The molecule has 1 N–H and O–H groups in total. The maximum Gasteiger partial charge on any atom is 0.289 e. The number of rotatable bonds is 5. The second-order valence-electron chi connectivity index (χ2n) is 8.83. The minimum atomic E-state index is -0.0407. The third-order valence-electron chi connectivity index (χ3n) is 6.71. The number of nitrogens with one attached hydrogen (secondary N) is 1. The normalized spacial score (nSPS) is 19.2. The van der Waals surface area contributed by atoms with Gasteiger partial charge < -0.3 is 19.5 Å². The fraction of sp³-hybridized carbons (Fsp3) is 0.520. The van der Waals surface area contributed by atoms with Crippen molar-refractivity contribution < 1.29 is 9.21 Å². The van der Waals surface area contributed by atoms with Crippen LogP contribution in [0.4, 0.5) is 0 Å². The van der Waals surface area contributed by atoms with Gasteiger partial charge in [0.25, 0.3) is 5.91 Å². The van der Waals surface area contributed by atoms with Crippen molar-refractivity contribution in [2.24, 2.45) is 10.9 Å². The Labute approximate surface area is 214 Å². The highest BCUT2D eigenvalue weighted by Crippen LogP contribution is 2.26. The second kappa shape index (κ2) is 12.4. The van der Waals surface area contributed by atoms with Crippen molar-refractivity contribution in [3.8, 4) is 0 Å². The molecule has 4 rings (SSSR count). The summed E-state index contributed by atoms with van der Waals surface area (Å²) in [7, 11) is 1.84. The monoisotopic (exact) mass is 565 g/mol. The molecule has 0 spiro atoms. The van der Waals surface area contributed by atoms with E-state index in [2.05, 4.69) is 57.4 Å². The summed E-state index contributed by atoms with van der Waals surface area (Å²) in [5, 5.41) is 3.63. The molecule has 180 valence electrons. The molecule has 1 aromatic carbocycles. The van der Waals surface area contributed by atoms with E-state index in [0.29, 0.717) is 24.9 Å². The molecular formula is C25H36IN5O2.